The SMILES string of the molecule is CCCC(C=NC(=N)N)CO. The van der Waals surface area contributed by atoms with Gasteiger partial charge < -0.3 is 10.8 Å². The molecule has 64 valence electrons. The van der Waals surface area contributed by atoms with Gasteiger partial charge in [-0.3, -0.25) is 5.41 Å². The molecule has 4 nitrogen and oxygen atoms in total. The predicted molar refractivity (Wildman–Crippen MR) is 45.9 cm³/mol. The van der Waals surface area contributed by atoms with Gasteiger partial charge in [0.15, 0.2) is 0 Å². The van der Waals surface area contributed by atoms with Gasteiger partial charge in [0.05, 0.1) is 6.61 Å². The van der Waals surface area contributed by atoms with E-state index in [1.165, 1.54) is 6.21 Å². The Morgan fingerprint density at radius 3 is 2.82 bits per heavy atom. The minimum Gasteiger partial charge on any atom is -0.396 e. The van der Waals surface area contributed by atoms with E-state index >= 15 is 0 Å². The van der Waals surface area contributed by atoms with Gasteiger partial charge in [0.2, 0.25) is 5.96 Å². The van der Waals surface area contributed by atoms with E-state index in [9.17, 15) is 0 Å². The van der Waals surface area contributed by atoms with E-state index in [1.54, 1.807) is 0 Å². The third kappa shape index (κ3) is 5.54. The van der Waals surface area contributed by atoms with Crippen LogP contribution in [0.2, 0.25) is 0 Å². The van der Waals surface area contributed by atoms with Gasteiger partial charge in [-0.15, -0.1) is 0 Å². The monoisotopic (exact) mass is 157 g/mol. The molecule has 11 heavy (non-hydrogen) atoms. The van der Waals surface area contributed by atoms with E-state index in [4.69, 9.17) is 16.2 Å². The van der Waals surface area contributed by atoms with Crippen molar-refractivity contribution in [3.05, 3.63) is 0 Å². The molecule has 0 aromatic rings. The standard InChI is InChI=1S/C7H15N3O/c1-2-3-6(5-11)4-10-7(8)9/h4,6,11H,2-3,5H2,1H3,(H3,8,9). The van der Waals surface area contributed by atoms with Crippen LogP contribution in [0.25, 0.3) is 0 Å². The smallest absolute Gasteiger partial charge is 0.212 e. The second-order valence-electron chi connectivity index (χ2n) is 2.39. The van der Waals surface area contributed by atoms with Gasteiger partial charge in [0, 0.05) is 12.1 Å². The molecule has 0 aliphatic carbocycles. The van der Waals surface area contributed by atoms with Crippen LogP contribution in [0.1, 0.15) is 19.8 Å². The number of nitrogens with two attached hydrogens (primary N) is 1. The lowest BCUT2D eigenvalue weighted by molar-refractivity contribution is 0.257. The molecule has 0 saturated heterocycles. The average molecular weight is 157 g/mol. The van der Waals surface area contributed by atoms with Crippen molar-refractivity contribution in [2.24, 2.45) is 16.6 Å². The van der Waals surface area contributed by atoms with Crippen molar-refractivity contribution in [2.45, 2.75) is 19.8 Å². The first-order valence-corrected chi connectivity index (χ1v) is 3.69. The first-order chi connectivity index (χ1) is 5.20. The van der Waals surface area contributed by atoms with E-state index in [0.717, 1.165) is 12.8 Å². The molecule has 4 N–H and O–H groups in total. The Labute approximate surface area is 66.6 Å². The summed E-state index contributed by atoms with van der Waals surface area (Å²) in [6.45, 7) is 2.11. The molecule has 4 heteroatoms. The van der Waals surface area contributed by atoms with Crippen LogP contribution >= 0.6 is 0 Å². The molecule has 0 spiro atoms. The molecule has 0 aromatic heterocycles. The molecular weight excluding hydrogens is 142 g/mol. The summed E-state index contributed by atoms with van der Waals surface area (Å²) < 4.78 is 0. The van der Waals surface area contributed by atoms with E-state index in [2.05, 4.69) is 4.99 Å². The second kappa shape index (κ2) is 5.85. The molecule has 0 aliphatic rings. The van der Waals surface area contributed by atoms with E-state index in [0.29, 0.717) is 0 Å². The maximum Gasteiger partial charge on any atom is 0.212 e. The zero-order valence-electron chi connectivity index (χ0n) is 6.75. The fourth-order valence-electron chi connectivity index (χ4n) is 0.769. The van der Waals surface area contributed by atoms with E-state index < -0.39 is 0 Å². The maximum atomic E-state index is 8.77. The molecule has 0 saturated carbocycles. The molecule has 0 heterocycles. The van der Waals surface area contributed by atoms with Crippen molar-refractivity contribution in [1.82, 2.24) is 0 Å². The van der Waals surface area contributed by atoms with Crippen LogP contribution in [0.5, 0.6) is 0 Å². The van der Waals surface area contributed by atoms with E-state index in [-0.39, 0.29) is 18.5 Å². The van der Waals surface area contributed by atoms with Crippen LogP contribution in [0.15, 0.2) is 4.99 Å². The number of hydrogen-bond donors (Lipinski definition) is 3. The summed E-state index contributed by atoms with van der Waals surface area (Å²) in [7, 11) is 0. The van der Waals surface area contributed by atoms with Gasteiger partial charge in [-0.1, -0.05) is 13.3 Å². The lowest BCUT2D eigenvalue weighted by Gasteiger charge is -2.04. The fourth-order valence-corrected chi connectivity index (χ4v) is 0.769. The number of aliphatic hydroxyl groups excluding tert-OH is 1. The number of rotatable bonds is 4. The molecule has 0 fully saturated rings. The summed E-state index contributed by atoms with van der Waals surface area (Å²) in [4.78, 5) is 3.59. The van der Waals surface area contributed by atoms with Gasteiger partial charge in [-0.05, 0) is 6.42 Å². The summed E-state index contributed by atoms with van der Waals surface area (Å²) in [6, 6.07) is 0. The Bertz CT molecular complexity index is 145. The number of hydrogen-bond acceptors (Lipinski definition) is 2. The zero-order valence-corrected chi connectivity index (χ0v) is 6.75. The van der Waals surface area contributed by atoms with Crippen LogP contribution in [0, 0.1) is 11.3 Å². The number of aliphatic imine (C=N–C) groups is 1. The van der Waals surface area contributed by atoms with Gasteiger partial charge in [-0.2, -0.15) is 0 Å². The average Bonchev–Trinajstić information content (AvgIpc) is 1.97. The lowest BCUT2D eigenvalue weighted by atomic mass is 10.1. The minimum atomic E-state index is -0.209. The summed E-state index contributed by atoms with van der Waals surface area (Å²) in [6.07, 6.45) is 3.41. The van der Waals surface area contributed by atoms with Gasteiger partial charge in [0.1, 0.15) is 0 Å². The predicted octanol–water partition coefficient (Wildman–Crippen LogP) is 0.359. The van der Waals surface area contributed by atoms with Gasteiger partial charge >= 0.3 is 0 Å². The normalized spacial score (nSPS) is 13.6. The molecule has 0 aromatic carbocycles. The van der Waals surface area contributed by atoms with Crippen molar-refractivity contribution in [3.63, 3.8) is 0 Å². The Morgan fingerprint density at radius 2 is 2.45 bits per heavy atom. The third-order valence-corrected chi connectivity index (χ3v) is 1.32. The summed E-state index contributed by atoms with van der Waals surface area (Å²) in [5, 5.41) is 15.6. The lowest BCUT2D eigenvalue weighted by Crippen LogP contribution is -2.11. The van der Waals surface area contributed by atoms with Crippen LogP contribution in [0.4, 0.5) is 0 Å². The maximum absolute atomic E-state index is 8.77. The molecule has 1 atom stereocenters. The zero-order chi connectivity index (χ0) is 8.69. The first kappa shape index (κ1) is 10.1. The second-order valence-corrected chi connectivity index (χ2v) is 2.39. The number of nitrogens with zero attached hydrogens (tertiary/aromatic N) is 1. The van der Waals surface area contributed by atoms with E-state index in [1.807, 2.05) is 6.92 Å². The van der Waals surface area contributed by atoms with Crippen molar-refractivity contribution in [2.75, 3.05) is 6.61 Å². The highest BCUT2D eigenvalue weighted by atomic mass is 16.3. The minimum absolute atomic E-state index is 0.0453. The summed E-state index contributed by atoms with van der Waals surface area (Å²) >= 11 is 0. The van der Waals surface area contributed by atoms with Crippen molar-refractivity contribution < 1.29 is 5.11 Å². The van der Waals surface area contributed by atoms with Crippen molar-refractivity contribution >= 4 is 12.2 Å². The number of guanidine groups is 1. The largest absolute Gasteiger partial charge is 0.396 e. The molecule has 0 aliphatic heterocycles. The Morgan fingerprint density at radius 1 is 1.82 bits per heavy atom. The summed E-state index contributed by atoms with van der Waals surface area (Å²) in [5.41, 5.74) is 5.00. The topological polar surface area (TPSA) is 82.5 Å². The molecular formula is C7H15N3O. The van der Waals surface area contributed by atoms with Gasteiger partial charge in [-0.25, -0.2) is 4.99 Å². The molecule has 0 radical (unpaired) electrons. The van der Waals surface area contributed by atoms with Crippen molar-refractivity contribution in [1.29, 1.82) is 5.41 Å². The van der Waals surface area contributed by atoms with Crippen LogP contribution in [0.3, 0.4) is 0 Å². The fraction of sp³-hybridized carbons (Fsp3) is 0.714. The highest BCUT2D eigenvalue weighted by Gasteiger charge is 2.00. The third-order valence-electron chi connectivity index (χ3n) is 1.32. The van der Waals surface area contributed by atoms with Crippen molar-refractivity contribution in [3.8, 4) is 0 Å². The number of aliphatic hydroxyl groups is 1. The first-order valence-electron chi connectivity index (χ1n) is 3.69. The highest BCUT2D eigenvalue weighted by Crippen LogP contribution is 2.01. The van der Waals surface area contributed by atoms with Gasteiger partial charge in [0.25, 0.3) is 0 Å². The Balaban J connectivity index is 3.76. The summed E-state index contributed by atoms with van der Waals surface area (Å²) in [5.74, 6) is -0.163. The molecule has 0 amide bonds. The van der Waals surface area contributed by atoms with Crippen LogP contribution < -0.4 is 5.73 Å². The Hall–Kier alpha value is -0.900. The molecule has 1 unspecified atom stereocenters. The van der Waals surface area contributed by atoms with Crippen LogP contribution in [-0.4, -0.2) is 23.9 Å². The Kier molecular flexibility index (Phi) is 5.37. The quantitative estimate of drug-likeness (QED) is 0.406. The van der Waals surface area contributed by atoms with Crippen LogP contribution in [-0.2, 0) is 0 Å². The molecule has 0 bridgehead atoms. The highest BCUT2D eigenvalue weighted by molar-refractivity contribution is 5.84. The molecule has 0 rings (SSSR count). The number of nitrogens with one attached hydrogen (secondary N) is 1.